The van der Waals surface area contributed by atoms with Crippen LogP contribution in [0.3, 0.4) is 0 Å². The molecule has 0 saturated heterocycles. The van der Waals surface area contributed by atoms with Crippen molar-refractivity contribution >= 4 is 0 Å². The van der Waals surface area contributed by atoms with Crippen LogP contribution in [-0.4, -0.2) is 32.1 Å². The third kappa shape index (κ3) is 4.32. The van der Waals surface area contributed by atoms with Crippen molar-refractivity contribution in [1.29, 1.82) is 0 Å². The highest BCUT2D eigenvalue weighted by atomic mass is 15.1. The van der Waals surface area contributed by atoms with Crippen molar-refractivity contribution in [2.24, 2.45) is 5.92 Å². The second-order valence-electron chi connectivity index (χ2n) is 5.93. The lowest BCUT2D eigenvalue weighted by Crippen LogP contribution is -2.35. The summed E-state index contributed by atoms with van der Waals surface area (Å²) in [7, 11) is 4.33. The van der Waals surface area contributed by atoms with E-state index >= 15 is 0 Å². The molecule has 1 atom stereocenters. The van der Waals surface area contributed by atoms with Gasteiger partial charge in [-0.3, -0.25) is 4.90 Å². The van der Waals surface area contributed by atoms with Crippen LogP contribution in [0.1, 0.15) is 43.7 Å². The minimum absolute atomic E-state index is 0.494. The summed E-state index contributed by atoms with van der Waals surface area (Å²) in [5.41, 5.74) is 1.43. The van der Waals surface area contributed by atoms with Crippen LogP contribution in [0.25, 0.3) is 0 Å². The van der Waals surface area contributed by atoms with Gasteiger partial charge in [0, 0.05) is 19.1 Å². The van der Waals surface area contributed by atoms with Crippen molar-refractivity contribution in [3.8, 4) is 0 Å². The highest BCUT2D eigenvalue weighted by Crippen LogP contribution is 2.27. The SMILES string of the molecule is CNCC(c1ccccc1)N(C)CC1CCCCC1. The lowest BCUT2D eigenvalue weighted by molar-refractivity contribution is 0.181. The third-order valence-electron chi connectivity index (χ3n) is 4.38. The van der Waals surface area contributed by atoms with Gasteiger partial charge < -0.3 is 5.32 Å². The van der Waals surface area contributed by atoms with E-state index in [4.69, 9.17) is 0 Å². The summed E-state index contributed by atoms with van der Waals surface area (Å²) < 4.78 is 0. The molecule has 1 aromatic rings. The van der Waals surface area contributed by atoms with Gasteiger partial charge in [-0.25, -0.2) is 0 Å². The minimum atomic E-state index is 0.494. The Hall–Kier alpha value is -0.860. The summed E-state index contributed by atoms with van der Waals surface area (Å²) in [4.78, 5) is 2.54. The van der Waals surface area contributed by atoms with E-state index in [2.05, 4.69) is 47.6 Å². The number of likely N-dealkylation sites (N-methyl/N-ethyl adjacent to an activating group) is 2. The maximum atomic E-state index is 3.34. The highest BCUT2D eigenvalue weighted by Gasteiger charge is 2.21. The van der Waals surface area contributed by atoms with Crippen molar-refractivity contribution < 1.29 is 0 Å². The van der Waals surface area contributed by atoms with Gasteiger partial charge in [0.05, 0.1) is 0 Å². The Morgan fingerprint density at radius 1 is 1.16 bits per heavy atom. The fourth-order valence-electron chi connectivity index (χ4n) is 3.30. The van der Waals surface area contributed by atoms with E-state index in [9.17, 15) is 0 Å². The molecule has 1 saturated carbocycles. The van der Waals surface area contributed by atoms with E-state index in [1.807, 2.05) is 7.05 Å². The van der Waals surface area contributed by atoms with E-state index in [0.717, 1.165) is 12.5 Å². The molecule has 0 amide bonds. The lowest BCUT2D eigenvalue weighted by atomic mass is 9.88. The van der Waals surface area contributed by atoms with Crippen LogP contribution in [0.15, 0.2) is 30.3 Å². The Morgan fingerprint density at radius 2 is 1.84 bits per heavy atom. The van der Waals surface area contributed by atoms with Crippen molar-refractivity contribution in [2.75, 3.05) is 27.2 Å². The predicted molar refractivity (Wildman–Crippen MR) is 82.3 cm³/mol. The van der Waals surface area contributed by atoms with Gasteiger partial charge >= 0.3 is 0 Å². The van der Waals surface area contributed by atoms with Crippen LogP contribution < -0.4 is 5.32 Å². The lowest BCUT2D eigenvalue weighted by Gasteiger charge is -2.33. The van der Waals surface area contributed by atoms with Gasteiger partial charge in [-0.2, -0.15) is 0 Å². The third-order valence-corrected chi connectivity index (χ3v) is 4.38. The van der Waals surface area contributed by atoms with Crippen LogP contribution >= 0.6 is 0 Å². The fraction of sp³-hybridized carbons (Fsp3) is 0.647. The van der Waals surface area contributed by atoms with Gasteiger partial charge in [-0.05, 0) is 38.4 Å². The highest BCUT2D eigenvalue weighted by molar-refractivity contribution is 5.19. The second kappa shape index (κ2) is 7.66. The number of hydrogen-bond donors (Lipinski definition) is 1. The molecule has 2 rings (SSSR count). The Labute approximate surface area is 118 Å². The molecule has 1 fully saturated rings. The molecule has 0 radical (unpaired) electrons. The topological polar surface area (TPSA) is 15.3 Å². The zero-order valence-corrected chi connectivity index (χ0v) is 12.4. The van der Waals surface area contributed by atoms with Gasteiger partial charge in [0.15, 0.2) is 0 Å². The first-order chi connectivity index (χ1) is 9.31. The molecule has 106 valence electrons. The van der Waals surface area contributed by atoms with Crippen LogP contribution in [0.5, 0.6) is 0 Å². The van der Waals surface area contributed by atoms with E-state index < -0.39 is 0 Å². The zero-order chi connectivity index (χ0) is 13.5. The molecule has 0 heterocycles. The molecule has 1 aliphatic rings. The molecule has 2 nitrogen and oxygen atoms in total. The fourth-order valence-corrected chi connectivity index (χ4v) is 3.30. The summed E-state index contributed by atoms with van der Waals surface area (Å²) in [6.07, 6.45) is 7.15. The zero-order valence-electron chi connectivity index (χ0n) is 12.4. The van der Waals surface area contributed by atoms with Crippen LogP contribution in [0, 0.1) is 5.92 Å². The van der Waals surface area contributed by atoms with Gasteiger partial charge in [0.1, 0.15) is 0 Å². The van der Waals surface area contributed by atoms with Crippen LogP contribution in [0.4, 0.5) is 0 Å². The molecule has 0 aromatic heterocycles. The number of rotatable bonds is 6. The molecule has 0 spiro atoms. The number of benzene rings is 1. The summed E-state index contributed by atoms with van der Waals surface area (Å²) in [6, 6.07) is 11.4. The van der Waals surface area contributed by atoms with Crippen molar-refractivity contribution in [3.05, 3.63) is 35.9 Å². The smallest absolute Gasteiger partial charge is 0.0469 e. The number of nitrogens with one attached hydrogen (secondary N) is 1. The van der Waals surface area contributed by atoms with E-state index in [1.165, 1.54) is 44.2 Å². The van der Waals surface area contributed by atoms with Gasteiger partial charge in [0.25, 0.3) is 0 Å². The van der Waals surface area contributed by atoms with Crippen molar-refractivity contribution in [3.63, 3.8) is 0 Å². The summed E-state index contributed by atoms with van der Waals surface area (Å²) in [5, 5.41) is 3.34. The standard InChI is InChI=1S/C17H28N2/c1-18-13-17(16-11-7-4-8-12-16)19(2)14-15-9-5-3-6-10-15/h4,7-8,11-12,15,17-18H,3,5-6,9-10,13-14H2,1-2H3. The van der Waals surface area contributed by atoms with Gasteiger partial charge in [-0.1, -0.05) is 49.6 Å². The Kier molecular flexibility index (Phi) is 5.87. The molecule has 0 aliphatic heterocycles. The average molecular weight is 260 g/mol. The Balaban J connectivity index is 1.97. The van der Waals surface area contributed by atoms with E-state index in [1.54, 1.807) is 0 Å². The summed E-state index contributed by atoms with van der Waals surface area (Å²) in [6.45, 7) is 2.26. The largest absolute Gasteiger partial charge is 0.318 e. The van der Waals surface area contributed by atoms with Crippen LogP contribution in [0.2, 0.25) is 0 Å². The Bertz CT molecular complexity index is 344. The van der Waals surface area contributed by atoms with E-state index in [0.29, 0.717) is 6.04 Å². The number of hydrogen-bond acceptors (Lipinski definition) is 2. The maximum Gasteiger partial charge on any atom is 0.0469 e. The normalized spacial score (nSPS) is 18.7. The molecular formula is C17H28N2. The molecule has 19 heavy (non-hydrogen) atoms. The summed E-state index contributed by atoms with van der Waals surface area (Å²) >= 11 is 0. The van der Waals surface area contributed by atoms with Crippen molar-refractivity contribution in [2.45, 2.75) is 38.1 Å². The molecule has 2 heteroatoms. The van der Waals surface area contributed by atoms with E-state index in [-0.39, 0.29) is 0 Å². The van der Waals surface area contributed by atoms with Gasteiger partial charge in [-0.15, -0.1) is 0 Å². The molecule has 1 unspecified atom stereocenters. The Morgan fingerprint density at radius 3 is 2.47 bits per heavy atom. The van der Waals surface area contributed by atoms with Crippen LogP contribution in [-0.2, 0) is 0 Å². The quantitative estimate of drug-likeness (QED) is 0.842. The first kappa shape index (κ1) is 14.5. The predicted octanol–water partition coefficient (Wildman–Crippen LogP) is 3.46. The summed E-state index contributed by atoms with van der Waals surface area (Å²) in [5.74, 6) is 0.904. The van der Waals surface area contributed by atoms with Crippen molar-refractivity contribution in [1.82, 2.24) is 10.2 Å². The number of nitrogens with zero attached hydrogens (tertiary/aromatic N) is 1. The van der Waals surface area contributed by atoms with Gasteiger partial charge in [0.2, 0.25) is 0 Å². The molecule has 1 aliphatic carbocycles. The average Bonchev–Trinajstić information content (AvgIpc) is 2.46. The minimum Gasteiger partial charge on any atom is -0.318 e. The molecule has 1 N–H and O–H groups in total. The molecular weight excluding hydrogens is 232 g/mol. The molecule has 1 aromatic carbocycles. The molecule has 0 bridgehead atoms. The second-order valence-corrected chi connectivity index (χ2v) is 5.93. The first-order valence-corrected chi connectivity index (χ1v) is 7.71. The maximum absolute atomic E-state index is 3.34. The first-order valence-electron chi connectivity index (χ1n) is 7.71. The monoisotopic (exact) mass is 260 g/mol.